The fraction of sp³-hybridized carbons (Fsp3) is 0.222. The minimum Gasteiger partial charge on any atom is -0.488 e. The molecule has 4 aromatic rings. The van der Waals surface area contributed by atoms with E-state index in [9.17, 15) is 4.79 Å². The Morgan fingerprint density at radius 1 is 1.08 bits per heavy atom. The number of benzene rings is 3. The number of fused-ring (bicyclic) bond motifs is 2. The summed E-state index contributed by atoms with van der Waals surface area (Å²) in [5.74, 6) is 2.82. The summed E-state index contributed by atoms with van der Waals surface area (Å²) < 4.78 is 19.8. The molecule has 0 saturated heterocycles. The maximum absolute atomic E-state index is 13.2. The molecule has 0 spiro atoms. The molecule has 0 fully saturated rings. The lowest BCUT2D eigenvalue weighted by Crippen LogP contribution is -2.22. The quantitative estimate of drug-likeness (QED) is 0.214. The Morgan fingerprint density at radius 2 is 1.94 bits per heavy atom. The summed E-state index contributed by atoms with van der Waals surface area (Å²) in [5.41, 5.74) is 2.28. The molecule has 0 saturated carbocycles. The zero-order valence-electron chi connectivity index (χ0n) is 19.5. The minimum atomic E-state index is -0.189. The van der Waals surface area contributed by atoms with Crippen molar-refractivity contribution in [2.24, 2.45) is 5.10 Å². The molecule has 3 aromatic carbocycles. The van der Waals surface area contributed by atoms with E-state index in [-0.39, 0.29) is 12.4 Å². The van der Waals surface area contributed by atoms with E-state index in [1.807, 2.05) is 48.5 Å². The van der Waals surface area contributed by atoms with E-state index in [0.717, 1.165) is 44.4 Å². The molecule has 1 aromatic heterocycles. The average molecular weight is 613 g/mol. The lowest BCUT2D eigenvalue weighted by Gasteiger charge is -2.10. The van der Waals surface area contributed by atoms with Gasteiger partial charge >= 0.3 is 0 Å². The number of rotatable bonds is 8. The molecular formula is C27H23Br2N3O4. The highest BCUT2D eigenvalue weighted by atomic mass is 79.9. The number of hydrogen-bond acceptors (Lipinski definition) is 6. The molecule has 0 radical (unpaired) electrons. The van der Waals surface area contributed by atoms with Gasteiger partial charge in [-0.2, -0.15) is 9.78 Å². The van der Waals surface area contributed by atoms with Gasteiger partial charge in [0.05, 0.1) is 21.6 Å². The van der Waals surface area contributed by atoms with Gasteiger partial charge in [-0.15, -0.1) is 0 Å². The van der Waals surface area contributed by atoms with Gasteiger partial charge in [0.15, 0.2) is 11.5 Å². The molecule has 2 heterocycles. The lowest BCUT2D eigenvalue weighted by atomic mass is 10.2. The van der Waals surface area contributed by atoms with Crippen molar-refractivity contribution in [3.8, 4) is 17.2 Å². The molecule has 5 rings (SSSR count). The largest absolute Gasteiger partial charge is 0.488 e. The van der Waals surface area contributed by atoms with Crippen LogP contribution in [0.25, 0.3) is 10.9 Å². The second-order valence-electron chi connectivity index (χ2n) is 8.32. The second-order valence-corrected chi connectivity index (χ2v) is 10.1. The van der Waals surface area contributed by atoms with Crippen LogP contribution >= 0.6 is 31.9 Å². The topological polar surface area (TPSA) is 74.9 Å². The van der Waals surface area contributed by atoms with Gasteiger partial charge in [-0.05, 0) is 82.0 Å². The van der Waals surface area contributed by atoms with Crippen LogP contribution in [-0.4, -0.2) is 22.7 Å². The van der Waals surface area contributed by atoms with Gasteiger partial charge < -0.3 is 14.2 Å². The van der Waals surface area contributed by atoms with Crippen LogP contribution in [0.5, 0.6) is 17.2 Å². The average Bonchev–Trinajstić information content (AvgIpc) is 3.35. The standard InChI is InChI=1S/C27H23Br2N3O4/c1-2-3-4-26-31-22-8-7-19(28)13-20(22)27(33)32(26)30-14-17-5-9-23(21(29)11-17)34-15-18-6-10-24-25(12-18)36-16-35-24/h5-14H,2-4,15-16H2,1H3. The first-order valence-corrected chi connectivity index (χ1v) is 13.2. The van der Waals surface area contributed by atoms with Gasteiger partial charge in [-0.25, -0.2) is 4.98 Å². The van der Waals surface area contributed by atoms with Crippen LogP contribution in [0, 0.1) is 0 Å². The van der Waals surface area contributed by atoms with Crippen LogP contribution in [0.2, 0.25) is 0 Å². The Kier molecular flexibility index (Phi) is 7.38. The summed E-state index contributed by atoms with van der Waals surface area (Å²) in [4.78, 5) is 18.0. The third-order valence-corrected chi connectivity index (χ3v) is 6.85. The Morgan fingerprint density at radius 3 is 2.78 bits per heavy atom. The van der Waals surface area contributed by atoms with Crippen molar-refractivity contribution in [2.45, 2.75) is 32.8 Å². The van der Waals surface area contributed by atoms with Crippen LogP contribution < -0.4 is 19.8 Å². The first kappa shape index (κ1) is 24.5. The van der Waals surface area contributed by atoms with Crippen LogP contribution in [0.4, 0.5) is 0 Å². The predicted molar refractivity (Wildman–Crippen MR) is 146 cm³/mol. The van der Waals surface area contributed by atoms with E-state index in [1.54, 1.807) is 12.3 Å². The van der Waals surface area contributed by atoms with Crippen molar-refractivity contribution in [1.29, 1.82) is 0 Å². The summed E-state index contributed by atoms with van der Waals surface area (Å²) in [6.45, 7) is 2.74. The van der Waals surface area contributed by atoms with E-state index in [0.29, 0.717) is 35.5 Å². The van der Waals surface area contributed by atoms with E-state index >= 15 is 0 Å². The minimum absolute atomic E-state index is 0.189. The number of hydrogen-bond donors (Lipinski definition) is 0. The monoisotopic (exact) mass is 611 g/mol. The summed E-state index contributed by atoms with van der Waals surface area (Å²) in [6, 6.07) is 16.9. The highest BCUT2D eigenvalue weighted by molar-refractivity contribution is 9.10. The summed E-state index contributed by atoms with van der Waals surface area (Å²) in [6.07, 6.45) is 4.25. The molecule has 0 unspecified atom stereocenters. The van der Waals surface area contributed by atoms with Crippen LogP contribution in [0.1, 0.15) is 36.7 Å². The van der Waals surface area contributed by atoms with Crippen LogP contribution in [-0.2, 0) is 13.0 Å². The van der Waals surface area contributed by atoms with Gasteiger partial charge in [0, 0.05) is 10.9 Å². The number of aromatic nitrogens is 2. The maximum Gasteiger partial charge on any atom is 0.282 e. The summed E-state index contributed by atoms with van der Waals surface area (Å²) in [5, 5.41) is 5.04. The zero-order chi connectivity index (χ0) is 25.1. The molecule has 9 heteroatoms. The van der Waals surface area contributed by atoms with Gasteiger partial charge in [-0.3, -0.25) is 4.79 Å². The fourth-order valence-corrected chi connectivity index (χ4v) is 4.71. The maximum atomic E-state index is 13.2. The molecule has 1 aliphatic heterocycles. The first-order valence-electron chi connectivity index (χ1n) is 11.6. The predicted octanol–water partition coefficient (Wildman–Crippen LogP) is 6.45. The molecular weight excluding hydrogens is 590 g/mol. The van der Waals surface area contributed by atoms with Gasteiger partial charge in [0.2, 0.25) is 6.79 Å². The number of halogens is 2. The smallest absolute Gasteiger partial charge is 0.282 e. The highest BCUT2D eigenvalue weighted by Gasteiger charge is 2.14. The highest BCUT2D eigenvalue weighted by Crippen LogP contribution is 2.33. The van der Waals surface area contributed by atoms with Crippen molar-refractivity contribution in [3.05, 3.63) is 90.8 Å². The summed E-state index contributed by atoms with van der Waals surface area (Å²) in [7, 11) is 0. The fourth-order valence-electron chi connectivity index (χ4n) is 3.84. The normalized spacial score (nSPS) is 12.5. The van der Waals surface area contributed by atoms with Crippen LogP contribution in [0.15, 0.2) is 73.4 Å². The molecule has 7 nitrogen and oxygen atoms in total. The van der Waals surface area contributed by atoms with Gasteiger partial charge in [0.1, 0.15) is 18.2 Å². The second kappa shape index (κ2) is 10.8. The van der Waals surface area contributed by atoms with Crippen molar-refractivity contribution in [1.82, 2.24) is 9.66 Å². The van der Waals surface area contributed by atoms with Crippen LogP contribution in [0.3, 0.4) is 0 Å². The van der Waals surface area contributed by atoms with Crippen molar-refractivity contribution >= 4 is 49.0 Å². The number of aryl methyl sites for hydroxylation is 1. The Labute approximate surface area is 225 Å². The molecule has 36 heavy (non-hydrogen) atoms. The molecule has 0 atom stereocenters. The van der Waals surface area contributed by atoms with Crippen molar-refractivity contribution in [2.75, 3.05) is 6.79 Å². The number of nitrogens with zero attached hydrogens (tertiary/aromatic N) is 3. The Balaban J connectivity index is 1.37. The van der Waals surface area contributed by atoms with Gasteiger partial charge in [0.25, 0.3) is 5.56 Å². The van der Waals surface area contributed by atoms with E-state index in [2.05, 4.69) is 43.9 Å². The molecule has 0 bridgehead atoms. The van der Waals surface area contributed by atoms with Gasteiger partial charge in [-0.1, -0.05) is 35.3 Å². The number of unbranched alkanes of at least 4 members (excludes halogenated alkanes) is 1. The molecule has 0 N–H and O–H groups in total. The van der Waals surface area contributed by atoms with E-state index in [1.165, 1.54) is 4.68 Å². The lowest BCUT2D eigenvalue weighted by molar-refractivity contribution is 0.174. The Bertz CT molecular complexity index is 1520. The van der Waals surface area contributed by atoms with E-state index < -0.39 is 0 Å². The van der Waals surface area contributed by atoms with Crippen molar-refractivity contribution in [3.63, 3.8) is 0 Å². The Hall–Kier alpha value is -3.17. The van der Waals surface area contributed by atoms with Crippen molar-refractivity contribution < 1.29 is 14.2 Å². The first-order chi connectivity index (χ1) is 17.5. The molecule has 0 aliphatic carbocycles. The molecule has 184 valence electrons. The summed E-state index contributed by atoms with van der Waals surface area (Å²) >= 11 is 7.02. The molecule has 0 amide bonds. The zero-order valence-corrected chi connectivity index (χ0v) is 22.7. The SMILES string of the molecule is CCCCc1nc2ccc(Br)cc2c(=O)n1N=Cc1ccc(OCc2ccc3c(c2)OCO3)c(Br)c1. The number of ether oxygens (including phenoxy) is 3. The van der Waals surface area contributed by atoms with E-state index in [4.69, 9.17) is 19.2 Å². The molecule has 1 aliphatic rings. The third-order valence-electron chi connectivity index (χ3n) is 5.74. The third kappa shape index (κ3) is 5.32.